The fraction of sp³-hybridized carbons (Fsp3) is 0.182. The quantitative estimate of drug-likeness (QED) is 0.672. The molecule has 6 nitrogen and oxygen atoms in total. The zero-order valence-electron chi connectivity index (χ0n) is 16.6. The van der Waals surface area contributed by atoms with Crippen molar-refractivity contribution in [3.05, 3.63) is 89.2 Å². The molecule has 0 saturated heterocycles. The third kappa shape index (κ3) is 5.00. The molecule has 0 atom stereocenters. The van der Waals surface area contributed by atoms with Crippen molar-refractivity contribution < 1.29 is 13.2 Å². The number of sulfonamides is 1. The number of pyridine rings is 1. The second-order valence-electron chi connectivity index (χ2n) is 6.91. The molecule has 7 heteroatoms. The number of nitrogens with one attached hydrogen (secondary N) is 1. The van der Waals surface area contributed by atoms with Crippen molar-refractivity contribution in [1.82, 2.24) is 9.88 Å². The summed E-state index contributed by atoms with van der Waals surface area (Å²) in [6.45, 7) is 4.19. The van der Waals surface area contributed by atoms with Gasteiger partial charge in [0.2, 0.25) is 0 Å². The van der Waals surface area contributed by atoms with E-state index in [0.29, 0.717) is 17.8 Å². The summed E-state index contributed by atoms with van der Waals surface area (Å²) in [7, 11) is -1.99. The monoisotopic (exact) mass is 409 g/mol. The lowest BCUT2D eigenvalue weighted by molar-refractivity contribution is 0.0783. The van der Waals surface area contributed by atoms with Crippen LogP contribution in [0.1, 0.15) is 27.2 Å². The predicted molar refractivity (Wildman–Crippen MR) is 113 cm³/mol. The molecule has 0 aliphatic rings. The van der Waals surface area contributed by atoms with Crippen molar-refractivity contribution in [3.8, 4) is 0 Å². The number of carbonyl (C=O) groups excluding carboxylic acids is 1. The summed E-state index contributed by atoms with van der Waals surface area (Å²) in [5.41, 5.74) is 3.59. The van der Waals surface area contributed by atoms with Gasteiger partial charge < -0.3 is 4.90 Å². The zero-order chi connectivity index (χ0) is 21.0. The van der Waals surface area contributed by atoms with E-state index in [9.17, 15) is 13.2 Å². The lowest BCUT2D eigenvalue weighted by Gasteiger charge is -2.17. The Balaban J connectivity index is 1.70. The maximum Gasteiger partial charge on any atom is 0.261 e. The van der Waals surface area contributed by atoms with Gasteiger partial charge in [-0.15, -0.1) is 0 Å². The van der Waals surface area contributed by atoms with E-state index in [0.717, 1.165) is 16.8 Å². The van der Waals surface area contributed by atoms with Crippen LogP contribution in [-0.4, -0.2) is 31.3 Å². The topological polar surface area (TPSA) is 79.4 Å². The number of rotatable bonds is 6. The van der Waals surface area contributed by atoms with Gasteiger partial charge in [0.1, 0.15) is 0 Å². The average molecular weight is 410 g/mol. The van der Waals surface area contributed by atoms with Gasteiger partial charge in [-0.25, -0.2) is 8.42 Å². The van der Waals surface area contributed by atoms with E-state index in [1.54, 1.807) is 60.6 Å². The number of hydrogen-bond donors (Lipinski definition) is 1. The fourth-order valence-corrected chi connectivity index (χ4v) is 3.95. The van der Waals surface area contributed by atoms with Crippen molar-refractivity contribution in [3.63, 3.8) is 0 Å². The maximum absolute atomic E-state index is 12.6. The van der Waals surface area contributed by atoms with Gasteiger partial charge in [-0.3, -0.25) is 14.5 Å². The van der Waals surface area contributed by atoms with Crippen molar-refractivity contribution in [2.24, 2.45) is 0 Å². The molecule has 1 heterocycles. The summed E-state index contributed by atoms with van der Waals surface area (Å²) >= 11 is 0. The van der Waals surface area contributed by atoms with E-state index < -0.39 is 10.0 Å². The molecule has 1 amide bonds. The lowest BCUT2D eigenvalue weighted by Crippen LogP contribution is -2.26. The van der Waals surface area contributed by atoms with Gasteiger partial charge in [0.15, 0.2) is 0 Å². The molecule has 0 fully saturated rings. The molecule has 29 heavy (non-hydrogen) atoms. The van der Waals surface area contributed by atoms with Crippen molar-refractivity contribution >= 4 is 21.6 Å². The molecular weight excluding hydrogens is 386 g/mol. The minimum Gasteiger partial charge on any atom is -0.336 e. The largest absolute Gasteiger partial charge is 0.336 e. The molecule has 1 N–H and O–H groups in total. The van der Waals surface area contributed by atoms with Crippen LogP contribution in [0.2, 0.25) is 0 Å². The first-order valence-corrected chi connectivity index (χ1v) is 10.6. The minimum atomic E-state index is -3.70. The number of amides is 1. The van der Waals surface area contributed by atoms with Gasteiger partial charge in [0, 0.05) is 24.5 Å². The lowest BCUT2D eigenvalue weighted by atomic mass is 10.1. The highest BCUT2D eigenvalue weighted by molar-refractivity contribution is 7.92. The van der Waals surface area contributed by atoms with Gasteiger partial charge in [-0.2, -0.15) is 0 Å². The Labute approximate surface area is 171 Å². The summed E-state index contributed by atoms with van der Waals surface area (Å²) in [5.74, 6) is -0.167. The molecule has 2 aromatic carbocycles. The average Bonchev–Trinajstić information content (AvgIpc) is 2.70. The van der Waals surface area contributed by atoms with Crippen LogP contribution >= 0.6 is 0 Å². The molecule has 0 bridgehead atoms. The normalized spacial score (nSPS) is 11.1. The second kappa shape index (κ2) is 8.45. The summed E-state index contributed by atoms with van der Waals surface area (Å²) in [5, 5.41) is 0. The fourth-order valence-electron chi connectivity index (χ4n) is 2.80. The van der Waals surface area contributed by atoms with E-state index in [1.807, 2.05) is 32.0 Å². The first-order chi connectivity index (χ1) is 13.8. The molecule has 0 unspecified atom stereocenters. The Bertz CT molecular complexity index is 1110. The minimum absolute atomic E-state index is 0.167. The van der Waals surface area contributed by atoms with Gasteiger partial charge in [0.25, 0.3) is 15.9 Å². The molecule has 0 spiro atoms. The van der Waals surface area contributed by atoms with Crippen molar-refractivity contribution in [2.45, 2.75) is 25.3 Å². The number of aryl methyl sites for hydroxylation is 2. The standard InChI is InChI=1S/C22H23N3O3S/c1-16-7-12-21(14-17(16)2)29(27,28)24-19-10-8-18(9-11-19)22(26)25(3)15-20-6-4-5-13-23-20/h4-14,24H,15H2,1-3H3. The molecule has 0 aliphatic heterocycles. The molecule has 0 saturated carbocycles. The van der Waals surface area contributed by atoms with Gasteiger partial charge in [0.05, 0.1) is 17.1 Å². The van der Waals surface area contributed by atoms with E-state index in [2.05, 4.69) is 9.71 Å². The smallest absolute Gasteiger partial charge is 0.261 e. The molecule has 0 aliphatic carbocycles. The zero-order valence-corrected chi connectivity index (χ0v) is 17.4. The number of nitrogens with zero attached hydrogens (tertiary/aromatic N) is 2. The van der Waals surface area contributed by atoms with Crippen LogP contribution in [0.25, 0.3) is 0 Å². The Kier molecular flexibility index (Phi) is 5.98. The third-order valence-electron chi connectivity index (χ3n) is 4.64. The van der Waals surface area contributed by atoms with Crippen molar-refractivity contribution in [2.75, 3.05) is 11.8 Å². The molecule has 0 radical (unpaired) electrons. The van der Waals surface area contributed by atoms with Gasteiger partial charge >= 0.3 is 0 Å². The van der Waals surface area contributed by atoms with Crippen LogP contribution < -0.4 is 4.72 Å². The van der Waals surface area contributed by atoms with Crippen LogP contribution in [0.4, 0.5) is 5.69 Å². The maximum atomic E-state index is 12.6. The first-order valence-electron chi connectivity index (χ1n) is 9.12. The first kappa shape index (κ1) is 20.5. The molecule has 150 valence electrons. The van der Waals surface area contributed by atoms with Crippen LogP contribution in [0.3, 0.4) is 0 Å². The van der Waals surface area contributed by atoms with Crippen LogP contribution in [-0.2, 0) is 16.6 Å². The molecule has 3 rings (SSSR count). The van der Waals surface area contributed by atoms with Crippen LogP contribution in [0, 0.1) is 13.8 Å². The predicted octanol–water partition coefficient (Wildman–Crippen LogP) is 3.77. The van der Waals surface area contributed by atoms with Crippen LogP contribution in [0.15, 0.2) is 71.8 Å². The van der Waals surface area contributed by atoms with Gasteiger partial charge in [-0.05, 0) is 73.5 Å². The SMILES string of the molecule is Cc1ccc(S(=O)(=O)Nc2ccc(C(=O)N(C)Cc3ccccn3)cc2)cc1C. The summed E-state index contributed by atoms with van der Waals surface area (Å²) < 4.78 is 27.8. The van der Waals surface area contributed by atoms with E-state index >= 15 is 0 Å². The number of carbonyl (C=O) groups is 1. The molecule has 1 aromatic heterocycles. The Morgan fingerprint density at radius 2 is 1.72 bits per heavy atom. The van der Waals surface area contributed by atoms with E-state index in [-0.39, 0.29) is 10.8 Å². The Morgan fingerprint density at radius 3 is 2.34 bits per heavy atom. The number of hydrogen-bond acceptors (Lipinski definition) is 4. The number of benzene rings is 2. The highest BCUT2D eigenvalue weighted by atomic mass is 32.2. The van der Waals surface area contributed by atoms with Crippen molar-refractivity contribution in [1.29, 1.82) is 0 Å². The highest BCUT2D eigenvalue weighted by Crippen LogP contribution is 2.19. The summed E-state index contributed by atoms with van der Waals surface area (Å²) in [4.78, 5) is 18.6. The Hall–Kier alpha value is -3.19. The summed E-state index contributed by atoms with van der Waals surface area (Å²) in [6, 6.07) is 16.9. The number of aromatic nitrogens is 1. The highest BCUT2D eigenvalue weighted by Gasteiger charge is 2.16. The number of anilines is 1. The second-order valence-corrected chi connectivity index (χ2v) is 8.59. The van der Waals surface area contributed by atoms with E-state index in [4.69, 9.17) is 0 Å². The summed E-state index contributed by atoms with van der Waals surface area (Å²) in [6.07, 6.45) is 1.68. The van der Waals surface area contributed by atoms with E-state index in [1.165, 1.54) is 0 Å². The molecular formula is C22H23N3O3S. The Morgan fingerprint density at radius 1 is 1.00 bits per heavy atom. The van der Waals surface area contributed by atoms with Crippen LogP contribution in [0.5, 0.6) is 0 Å². The molecule has 3 aromatic rings. The van der Waals surface area contributed by atoms with Gasteiger partial charge in [-0.1, -0.05) is 12.1 Å². The third-order valence-corrected chi connectivity index (χ3v) is 6.02.